The Morgan fingerprint density at radius 1 is 1.32 bits per heavy atom. The van der Waals surface area contributed by atoms with Crippen molar-refractivity contribution in [2.45, 2.75) is 6.54 Å². The predicted octanol–water partition coefficient (Wildman–Crippen LogP) is 3.01. The molecule has 0 saturated carbocycles. The number of pyridine rings is 1. The number of anilines is 1. The molecule has 96 valence electrons. The zero-order chi connectivity index (χ0) is 13.4. The second-order valence-electron chi connectivity index (χ2n) is 4.25. The lowest BCUT2D eigenvalue weighted by Gasteiger charge is -2.13. The largest absolute Gasteiger partial charge is 0.497 e. The number of nitrogens with zero attached hydrogens (tertiary/aromatic N) is 2. The molecule has 0 aliphatic carbocycles. The normalized spacial score (nSPS) is 13.6. The van der Waals surface area contributed by atoms with Gasteiger partial charge in [0.2, 0.25) is 0 Å². The number of hydrogen-bond donors (Lipinski definition) is 0. The van der Waals surface area contributed by atoms with Crippen molar-refractivity contribution in [2.24, 2.45) is 0 Å². The molecule has 1 aromatic heterocycles. The van der Waals surface area contributed by atoms with Crippen molar-refractivity contribution in [3.63, 3.8) is 0 Å². The van der Waals surface area contributed by atoms with Gasteiger partial charge in [-0.15, -0.1) is 0 Å². The third-order valence-corrected chi connectivity index (χ3v) is 3.58. The van der Waals surface area contributed by atoms with Gasteiger partial charge >= 0.3 is 0 Å². The number of rotatable bonds is 2. The highest BCUT2D eigenvalue weighted by Gasteiger charge is 2.29. The Bertz CT molecular complexity index is 640. The van der Waals surface area contributed by atoms with E-state index < -0.39 is 0 Å². The average Bonchev–Trinajstić information content (AvgIpc) is 2.76. The van der Waals surface area contributed by atoms with E-state index in [1.807, 2.05) is 24.3 Å². The molecule has 0 fully saturated rings. The molecule has 3 rings (SSSR count). The Morgan fingerprint density at radius 3 is 2.84 bits per heavy atom. The number of methoxy groups -OCH3 is 1. The van der Waals surface area contributed by atoms with Crippen LogP contribution in [0.1, 0.15) is 15.9 Å². The van der Waals surface area contributed by atoms with Crippen molar-refractivity contribution in [3.05, 3.63) is 52.1 Å². The summed E-state index contributed by atoms with van der Waals surface area (Å²) >= 11 is 3.33. The van der Waals surface area contributed by atoms with Crippen LogP contribution in [0.5, 0.6) is 5.75 Å². The van der Waals surface area contributed by atoms with Crippen molar-refractivity contribution in [1.82, 2.24) is 4.98 Å². The topological polar surface area (TPSA) is 42.4 Å². The number of amides is 1. The number of hydrogen-bond acceptors (Lipinski definition) is 3. The molecule has 1 aliphatic rings. The zero-order valence-corrected chi connectivity index (χ0v) is 11.8. The maximum atomic E-state index is 12.4. The van der Waals surface area contributed by atoms with Gasteiger partial charge in [-0.25, -0.2) is 4.98 Å². The van der Waals surface area contributed by atoms with Crippen LogP contribution in [-0.2, 0) is 6.54 Å². The number of fused-ring (bicyclic) bond motifs is 1. The van der Waals surface area contributed by atoms with Crippen molar-refractivity contribution in [1.29, 1.82) is 0 Å². The summed E-state index contributed by atoms with van der Waals surface area (Å²) < 4.78 is 6.04. The van der Waals surface area contributed by atoms with E-state index in [2.05, 4.69) is 20.9 Å². The van der Waals surface area contributed by atoms with Crippen molar-refractivity contribution in [2.75, 3.05) is 12.0 Å². The van der Waals surface area contributed by atoms with Gasteiger partial charge in [0.25, 0.3) is 5.91 Å². The smallest absolute Gasteiger partial charge is 0.260 e. The summed E-state index contributed by atoms with van der Waals surface area (Å²) in [5, 5.41) is 0. The average molecular weight is 319 g/mol. The zero-order valence-electron chi connectivity index (χ0n) is 10.3. The first kappa shape index (κ1) is 12.2. The first-order valence-electron chi connectivity index (χ1n) is 5.79. The number of halogens is 1. The van der Waals surface area contributed by atoms with Gasteiger partial charge in [-0.3, -0.25) is 9.69 Å². The van der Waals surface area contributed by atoms with E-state index >= 15 is 0 Å². The summed E-state index contributed by atoms with van der Waals surface area (Å²) in [6, 6.07) is 9.26. The van der Waals surface area contributed by atoms with Gasteiger partial charge in [-0.2, -0.15) is 0 Å². The standard InChI is InChI=1S/C14H11BrN2O2/c1-19-11-4-2-9-8-17(14(18)12(9)6-11)13-5-3-10(15)7-16-13/h2-7H,8H2,1H3. The minimum absolute atomic E-state index is 0.0382. The summed E-state index contributed by atoms with van der Waals surface area (Å²) in [6.07, 6.45) is 1.69. The fourth-order valence-electron chi connectivity index (χ4n) is 2.12. The molecule has 0 spiro atoms. The van der Waals surface area contributed by atoms with E-state index in [1.54, 1.807) is 24.3 Å². The highest BCUT2D eigenvalue weighted by Crippen LogP contribution is 2.29. The van der Waals surface area contributed by atoms with Crippen molar-refractivity contribution in [3.8, 4) is 5.75 Å². The maximum absolute atomic E-state index is 12.4. The fraction of sp³-hybridized carbons (Fsp3) is 0.143. The van der Waals surface area contributed by atoms with Gasteiger partial charge in [0.05, 0.1) is 13.7 Å². The molecule has 5 heteroatoms. The molecule has 0 bridgehead atoms. The minimum Gasteiger partial charge on any atom is -0.497 e. The minimum atomic E-state index is -0.0382. The number of aromatic nitrogens is 1. The lowest BCUT2D eigenvalue weighted by atomic mass is 10.1. The van der Waals surface area contributed by atoms with Crippen LogP contribution >= 0.6 is 15.9 Å². The van der Waals surface area contributed by atoms with Gasteiger partial charge in [0.15, 0.2) is 0 Å². The van der Waals surface area contributed by atoms with E-state index in [0.717, 1.165) is 10.0 Å². The van der Waals surface area contributed by atoms with Crippen LogP contribution in [0.2, 0.25) is 0 Å². The highest BCUT2D eigenvalue weighted by molar-refractivity contribution is 9.10. The number of carbonyl (C=O) groups excluding carboxylic acids is 1. The van der Waals surface area contributed by atoms with Crippen LogP contribution in [0.3, 0.4) is 0 Å². The second-order valence-corrected chi connectivity index (χ2v) is 5.16. The fourth-order valence-corrected chi connectivity index (χ4v) is 2.35. The van der Waals surface area contributed by atoms with E-state index in [9.17, 15) is 4.79 Å². The van der Waals surface area contributed by atoms with Crippen LogP contribution in [0, 0.1) is 0 Å². The SMILES string of the molecule is COc1ccc2c(c1)C(=O)N(c1ccc(Br)cn1)C2. The Kier molecular flexibility index (Phi) is 2.98. The number of benzene rings is 1. The molecule has 2 aromatic rings. The quantitative estimate of drug-likeness (QED) is 0.854. The number of carbonyl (C=O) groups is 1. The molecule has 0 atom stereocenters. The van der Waals surface area contributed by atoms with Crippen LogP contribution in [-0.4, -0.2) is 18.0 Å². The van der Waals surface area contributed by atoms with E-state index in [1.165, 1.54) is 0 Å². The first-order chi connectivity index (χ1) is 9.19. The lowest BCUT2D eigenvalue weighted by molar-refractivity contribution is 0.0995. The summed E-state index contributed by atoms with van der Waals surface area (Å²) in [7, 11) is 1.59. The van der Waals surface area contributed by atoms with Gasteiger partial charge in [0, 0.05) is 16.2 Å². The molecule has 0 N–H and O–H groups in total. The molecule has 4 nitrogen and oxygen atoms in total. The molecule has 19 heavy (non-hydrogen) atoms. The molecule has 1 amide bonds. The number of ether oxygens (including phenoxy) is 1. The van der Waals surface area contributed by atoms with E-state index in [-0.39, 0.29) is 5.91 Å². The molecule has 1 aliphatic heterocycles. The van der Waals surface area contributed by atoms with Gasteiger partial charge in [-0.05, 0) is 45.8 Å². The van der Waals surface area contributed by atoms with Crippen LogP contribution in [0.25, 0.3) is 0 Å². The Hall–Kier alpha value is -1.88. The van der Waals surface area contributed by atoms with Crippen LogP contribution in [0.15, 0.2) is 41.0 Å². The maximum Gasteiger partial charge on any atom is 0.260 e. The third-order valence-electron chi connectivity index (χ3n) is 3.11. The molecule has 1 aromatic carbocycles. The van der Waals surface area contributed by atoms with Crippen LogP contribution < -0.4 is 9.64 Å². The molecule has 0 unspecified atom stereocenters. The lowest BCUT2D eigenvalue weighted by Crippen LogP contribution is -2.23. The Morgan fingerprint density at radius 2 is 2.16 bits per heavy atom. The highest BCUT2D eigenvalue weighted by atomic mass is 79.9. The summed E-state index contributed by atoms with van der Waals surface area (Å²) in [4.78, 5) is 18.3. The van der Waals surface area contributed by atoms with Crippen molar-refractivity contribution >= 4 is 27.7 Å². The Labute approximate surface area is 119 Å². The van der Waals surface area contributed by atoms with Crippen LogP contribution in [0.4, 0.5) is 5.82 Å². The molecule has 2 heterocycles. The molecular formula is C14H11BrN2O2. The van der Waals surface area contributed by atoms with Gasteiger partial charge in [0.1, 0.15) is 11.6 Å². The van der Waals surface area contributed by atoms with Crippen molar-refractivity contribution < 1.29 is 9.53 Å². The summed E-state index contributed by atoms with van der Waals surface area (Å²) in [5.41, 5.74) is 1.68. The van der Waals surface area contributed by atoms with E-state index in [4.69, 9.17) is 4.74 Å². The monoisotopic (exact) mass is 318 g/mol. The van der Waals surface area contributed by atoms with Gasteiger partial charge in [-0.1, -0.05) is 6.07 Å². The molecule has 0 saturated heterocycles. The third kappa shape index (κ3) is 2.10. The predicted molar refractivity (Wildman–Crippen MR) is 75.4 cm³/mol. The summed E-state index contributed by atoms with van der Waals surface area (Å²) in [5.74, 6) is 1.31. The first-order valence-corrected chi connectivity index (χ1v) is 6.58. The van der Waals surface area contributed by atoms with Gasteiger partial charge < -0.3 is 4.74 Å². The summed E-state index contributed by atoms with van der Waals surface area (Å²) in [6.45, 7) is 0.548. The molecule has 0 radical (unpaired) electrons. The Balaban J connectivity index is 1.97. The molecular weight excluding hydrogens is 308 g/mol. The van der Waals surface area contributed by atoms with E-state index in [0.29, 0.717) is 23.7 Å². The second kappa shape index (κ2) is 4.66.